The fourth-order valence-electron chi connectivity index (χ4n) is 1.85. The smallest absolute Gasteiger partial charge is 0.152 e. The Morgan fingerprint density at radius 2 is 2.11 bits per heavy atom. The zero-order chi connectivity index (χ0) is 14.2. The van der Waals surface area contributed by atoms with Gasteiger partial charge < -0.3 is 11.1 Å². The molecule has 0 fully saturated rings. The van der Waals surface area contributed by atoms with E-state index in [4.69, 9.17) is 17.3 Å². The minimum Gasteiger partial charge on any atom is -0.394 e. The summed E-state index contributed by atoms with van der Waals surface area (Å²) in [6.07, 6.45) is 0. The van der Waals surface area contributed by atoms with Gasteiger partial charge in [-0.05, 0) is 40.0 Å². The molecule has 6 heteroatoms. The first-order valence-corrected chi connectivity index (χ1v) is 7.11. The van der Waals surface area contributed by atoms with Crippen molar-refractivity contribution in [1.82, 2.24) is 9.78 Å². The largest absolute Gasteiger partial charge is 0.394 e. The first-order valence-electron chi connectivity index (χ1n) is 5.94. The lowest BCUT2D eigenvalue weighted by atomic mass is 10.1. The van der Waals surface area contributed by atoms with Crippen LogP contribution >= 0.6 is 27.5 Å². The molecule has 0 bridgehead atoms. The normalized spacial score (nSPS) is 11.1. The van der Waals surface area contributed by atoms with Crippen LogP contribution in [0.4, 0.5) is 17.2 Å². The van der Waals surface area contributed by atoms with Gasteiger partial charge in [0.25, 0.3) is 0 Å². The Morgan fingerprint density at radius 3 is 2.63 bits per heavy atom. The molecule has 4 nitrogen and oxygen atoms in total. The van der Waals surface area contributed by atoms with Crippen LogP contribution in [-0.4, -0.2) is 9.78 Å². The summed E-state index contributed by atoms with van der Waals surface area (Å²) in [6.45, 7) is 4.14. The molecule has 1 aromatic heterocycles. The molecule has 0 saturated carbocycles. The van der Waals surface area contributed by atoms with Gasteiger partial charge in [-0.3, -0.25) is 4.68 Å². The van der Waals surface area contributed by atoms with Crippen molar-refractivity contribution in [2.45, 2.75) is 19.8 Å². The number of nitrogens with two attached hydrogens (primary N) is 1. The molecular weight excluding hydrogens is 328 g/mol. The highest BCUT2D eigenvalue weighted by Crippen LogP contribution is 2.33. The van der Waals surface area contributed by atoms with Crippen LogP contribution in [0, 0.1) is 0 Å². The second kappa shape index (κ2) is 5.43. The number of hydrogen-bond donors (Lipinski definition) is 2. The summed E-state index contributed by atoms with van der Waals surface area (Å²) in [5, 5.41) is 8.40. The molecule has 0 spiro atoms. The van der Waals surface area contributed by atoms with Crippen molar-refractivity contribution in [2.75, 3.05) is 11.1 Å². The predicted octanol–water partition coefficient (Wildman–Crippen LogP) is 4.29. The third-order valence-electron chi connectivity index (χ3n) is 2.84. The zero-order valence-electron chi connectivity index (χ0n) is 11.0. The van der Waals surface area contributed by atoms with Crippen molar-refractivity contribution >= 4 is 44.7 Å². The number of nitrogen functional groups attached to an aromatic ring is 1. The van der Waals surface area contributed by atoms with Gasteiger partial charge in [0, 0.05) is 16.5 Å². The molecule has 0 aliphatic carbocycles. The molecule has 0 aliphatic rings. The van der Waals surface area contributed by atoms with E-state index in [1.165, 1.54) is 0 Å². The van der Waals surface area contributed by atoms with Crippen molar-refractivity contribution in [3.8, 4) is 0 Å². The highest BCUT2D eigenvalue weighted by atomic mass is 79.9. The van der Waals surface area contributed by atoms with Crippen LogP contribution in [0.5, 0.6) is 0 Å². The molecule has 0 aliphatic heterocycles. The molecule has 2 rings (SSSR count). The Hall–Kier alpha value is -1.20. The van der Waals surface area contributed by atoms with Gasteiger partial charge in [-0.25, -0.2) is 0 Å². The quantitative estimate of drug-likeness (QED) is 0.874. The van der Waals surface area contributed by atoms with E-state index < -0.39 is 0 Å². The maximum absolute atomic E-state index is 6.15. The van der Waals surface area contributed by atoms with Crippen LogP contribution in [0.1, 0.15) is 25.5 Å². The Bertz CT molecular complexity index is 607. The monoisotopic (exact) mass is 342 g/mol. The number of aryl methyl sites for hydroxylation is 1. The van der Waals surface area contributed by atoms with Gasteiger partial charge in [0.15, 0.2) is 5.82 Å². The number of nitrogens with zero attached hydrogens (tertiary/aromatic N) is 2. The summed E-state index contributed by atoms with van der Waals surface area (Å²) in [4.78, 5) is 0. The fourth-order valence-corrected chi connectivity index (χ4v) is 2.64. The predicted molar refractivity (Wildman–Crippen MR) is 84.1 cm³/mol. The summed E-state index contributed by atoms with van der Waals surface area (Å²) in [6, 6.07) is 5.55. The third-order valence-corrected chi connectivity index (χ3v) is 3.73. The molecule has 0 atom stereocenters. The lowest BCUT2D eigenvalue weighted by Crippen LogP contribution is -2.01. The minimum atomic E-state index is 0.287. The molecule has 0 saturated heterocycles. The Morgan fingerprint density at radius 1 is 1.42 bits per heavy atom. The number of hydrogen-bond acceptors (Lipinski definition) is 3. The summed E-state index contributed by atoms with van der Waals surface area (Å²) < 4.78 is 2.64. The summed E-state index contributed by atoms with van der Waals surface area (Å²) in [5.74, 6) is 1.07. The van der Waals surface area contributed by atoms with Crippen LogP contribution in [0.15, 0.2) is 22.7 Å². The van der Waals surface area contributed by atoms with Gasteiger partial charge in [-0.1, -0.05) is 25.4 Å². The Kier molecular flexibility index (Phi) is 4.06. The average Bonchev–Trinajstić information content (AvgIpc) is 2.60. The second-order valence-corrected chi connectivity index (χ2v) is 5.97. The van der Waals surface area contributed by atoms with E-state index in [-0.39, 0.29) is 5.92 Å². The van der Waals surface area contributed by atoms with E-state index in [0.717, 1.165) is 21.7 Å². The number of rotatable bonds is 3. The van der Waals surface area contributed by atoms with Crippen molar-refractivity contribution in [3.63, 3.8) is 0 Å². The highest BCUT2D eigenvalue weighted by molar-refractivity contribution is 9.10. The van der Waals surface area contributed by atoms with E-state index in [0.29, 0.717) is 10.7 Å². The van der Waals surface area contributed by atoms with Crippen LogP contribution in [-0.2, 0) is 7.05 Å². The van der Waals surface area contributed by atoms with E-state index in [9.17, 15) is 0 Å². The molecule has 2 aromatic rings. The number of nitrogens with one attached hydrogen (secondary N) is 1. The number of anilines is 3. The average molecular weight is 344 g/mol. The first-order chi connectivity index (χ1) is 8.90. The number of benzene rings is 1. The van der Waals surface area contributed by atoms with E-state index in [2.05, 4.69) is 40.2 Å². The molecular formula is C13H16BrClN4. The van der Waals surface area contributed by atoms with Gasteiger partial charge in [0.1, 0.15) is 0 Å². The third kappa shape index (κ3) is 2.87. The Balaban J connectivity index is 2.38. The van der Waals surface area contributed by atoms with Gasteiger partial charge in [-0.2, -0.15) is 5.10 Å². The van der Waals surface area contributed by atoms with Gasteiger partial charge in [0.05, 0.1) is 17.1 Å². The van der Waals surface area contributed by atoms with Gasteiger partial charge in [-0.15, -0.1) is 0 Å². The van der Waals surface area contributed by atoms with E-state index >= 15 is 0 Å². The van der Waals surface area contributed by atoms with Crippen LogP contribution in [0.3, 0.4) is 0 Å². The summed E-state index contributed by atoms with van der Waals surface area (Å²) in [7, 11) is 1.87. The number of halogens is 2. The summed E-state index contributed by atoms with van der Waals surface area (Å²) in [5.41, 5.74) is 8.62. The highest BCUT2D eigenvalue weighted by Gasteiger charge is 2.16. The van der Waals surface area contributed by atoms with Crippen LogP contribution in [0.25, 0.3) is 0 Å². The SMILES string of the molecule is CC(C)c1nn(C)c(Nc2ccc(Cl)cc2Br)c1N. The fraction of sp³-hybridized carbons (Fsp3) is 0.308. The standard InChI is InChI=1S/C13H16BrClN4/c1-7(2)12-11(16)13(19(3)18-12)17-10-5-4-8(15)6-9(10)14/h4-7,17H,16H2,1-3H3. The molecule has 1 aromatic carbocycles. The second-order valence-electron chi connectivity index (χ2n) is 4.67. The van der Waals surface area contributed by atoms with Crippen LogP contribution in [0.2, 0.25) is 5.02 Å². The van der Waals surface area contributed by atoms with Crippen LogP contribution < -0.4 is 11.1 Å². The summed E-state index contributed by atoms with van der Waals surface area (Å²) >= 11 is 9.40. The molecule has 19 heavy (non-hydrogen) atoms. The Labute approximate surface area is 126 Å². The molecule has 1 heterocycles. The van der Waals surface area contributed by atoms with Crippen molar-refractivity contribution in [3.05, 3.63) is 33.4 Å². The molecule has 0 unspecified atom stereocenters. The number of aromatic nitrogens is 2. The van der Waals surface area contributed by atoms with Crippen molar-refractivity contribution in [2.24, 2.45) is 7.05 Å². The molecule has 0 radical (unpaired) electrons. The maximum atomic E-state index is 6.15. The van der Waals surface area contributed by atoms with E-state index in [1.54, 1.807) is 4.68 Å². The van der Waals surface area contributed by atoms with Gasteiger partial charge in [0.2, 0.25) is 0 Å². The zero-order valence-corrected chi connectivity index (χ0v) is 13.4. The molecule has 102 valence electrons. The van der Waals surface area contributed by atoms with Gasteiger partial charge >= 0.3 is 0 Å². The maximum Gasteiger partial charge on any atom is 0.152 e. The lowest BCUT2D eigenvalue weighted by molar-refractivity contribution is 0.718. The molecule has 0 amide bonds. The van der Waals surface area contributed by atoms with Crippen molar-refractivity contribution in [1.29, 1.82) is 0 Å². The topological polar surface area (TPSA) is 55.9 Å². The first kappa shape index (κ1) is 14.2. The van der Waals surface area contributed by atoms with E-state index in [1.807, 2.05) is 25.2 Å². The lowest BCUT2D eigenvalue weighted by Gasteiger charge is -2.10. The minimum absolute atomic E-state index is 0.287. The molecule has 3 N–H and O–H groups in total. The van der Waals surface area contributed by atoms with Crippen molar-refractivity contribution < 1.29 is 0 Å².